The minimum Gasteiger partial charge on any atom is -0.370 e. The largest absolute Gasteiger partial charge is 0.370 e. The third kappa shape index (κ3) is 2.79. The van der Waals surface area contributed by atoms with Crippen LogP contribution in [0.3, 0.4) is 0 Å². The molecule has 1 N–H and O–H groups in total. The quantitative estimate of drug-likeness (QED) is 0.805. The van der Waals surface area contributed by atoms with Gasteiger partial charge in [0.1, 0.15) is 11.6 Å². The topological polar surface area (TPSA) is 37.8 Å². The van der Waals surface area contributed by atoms with Crippen LogP contribution in [-0.2, 0) is 0 Å². The zero-order valence-corrected chi connectivity index (χ0v) is 13.7. The van der Waals surface area contributed by atoms with Gasteiger partial charge in [-0.25, -0.2) is 14.4 Å². The first-order valence-electron chi connectivity index (χ1n) is 6.18. The Balaban J connectivity index is 2.67. The van der Waals surface area contributed by atoms with Crippen LogP contribution in [-0.4, -0.2) is 16.5 Å². The number of anilines is 1. The number of nitrogens with zero attached hydrogens (tertiary/aromatic N) is 2. The van der Waals surface area contributed by atoms with E-state index in [1.54, 1.807) is 19.1 Å². The van der Waals surface area contributed by atoms with Crippen LogP contribution in [0.25, 0.3) is 11.3 Å². The van der Waals surface area contributed by atoms with Gasteiger partial charge in [-0.15, -0.1) is 0 Å². The molecule has 0 bridgehead atoms. The van der Waals surface area contributed by atoms with Gasteiger partial charge in [-0.3, -0.25) is 0 Å². The highest BCUT2D eigenvalue weighted by Gasteiger charge is 2.17. The standard InChI is InChI=1S/C14H14BrClFN3/c1-4-18-14-7(2)13(19-8(3)20-14)9-5-6-10(15)11(16)12(9)17/h5-6H,4H2,1-3H3,(H,18,19,20). The summed E-state index contributed by atoms with van der Waals surface area (Å²) in [4.78, 5) is 8.68. The number of rotatable bonds is 3. The lowest BCUT2D eigenvalue weighted by atomic mass is 10.1. The molecule has 0 unspecified atom stereocenters. The predicted molar refractivity (Wildman–Crippen MR) is 83.8 cm³/mol. The fraction of sp³-hybridized carbons (Fsp3) is 0.286. The lowest BCUT2D eigenvalue weighted by Crippen LogP contribution is -2.06. The van der Waals surface area contributed by atoms with Gasteiger partial charge in [-0.2, -0.15) is 0 Å². The lowest BCUT2D eigenvalue weighted by Gasteiger charge is -2.13. The monoisotopic (exact) mass is 357 g/mol. The lowest BCUT2D eigenvalue weighted by molar-refractivity contribution is 0.630. The summed E-state index contributed by atoms with van der Waals surface area (Å²) in [6, 6.07) is 3.38. The third-order valence-electron chi connectivity index (χ3n) is 2.89. The third-order valence-corrected chi connectivity index (χ3v) is 4.15. The molecule has 0 saturated heterocycles. The molecule has 0 amide bonds. The highest BCUT2D eigenvalue weighted by Crippen LogP contribution is 2.34. The average Bonchev–Trinajstić information content (AvgIpc) is 2.41. The van der Waals surface area contributed by atoms with Crippen LogP contribution in [0.5, 0.6) is 0 Å². The Morgan fingerprint density at radius 3 is 2.65 bits per heavy atom. The van der Waals surface area contributed by atoms with Crippen molar-refractivity contribution in [3.05, 3.63) is 38.8 Å². The van der Waals surface area contributed by atoms with E-state index < -0.39 is 5.82 Å². The zero-order valence-electron chi connectivity index (χ0n) is 11.4. The Hall–Kier alpha value is -1.20. The highest BCUT2D eigenvalue weighted by atomic mass is 79.9. The fourth-order valence-corrected chi connectivity index (χ4v) is 2.41. The van der Waals surface area contributed by atoms with Gasteiger partial charge in [0, 0.05) is 22.1 Å². The average molecular weight is 359 g/mol. The van der Waals surface area contributed by atoms with Crippen molar-refractivity contribution in [1.82, 2.24) is 9.97 Å². The Labute approximate surface area is 130 Å². The van der Waals surface area contributed by atoms with Gasteiger partial charge < -0.3 is 5.32 Å². The van der Waals surface area contributed by atoms with Crippen LogP contribution < -0.4 is 5.32 Å². The maximum absolute atomic E-state index is 14.3. The molecule has 106 valence electrons. The molecular weight excluding hydrogens is 345 g/mol. The van der Waals surface area contributed by atoms with Crippen molar-refractivity contribution >= 4 is 33.3 Å². The van der Waals surface area contributed by atoms with Crippen molar-refractivity contribution in [2.75, 3.05) is 11.9 Å². The number of halogens is 3. The summed E-state index contributed by atoms with van der Waals surface area (Å²) >= 11 is 9.15. The molecule has 0 aliphatic rings. The molecule has 0 saturated carbocycles. The van der Waals surface area contributed by atoms with Crippen LogP contribution in [0.1, 0.15) is 18.3 Å². The van der Waals surface area contributed by atoms with E-state index >= 15 is 0 Å². The van der Waals surface area contributed by atoms with Gasteiger partial charge in [-0.05, 0) is 48.8 Å². The maximum atomic E-state index is 14.3. The summed E-state index contributed by atoms with van der Waals surface area (Å²) in [7, 11) is 0. The molecule has 3 nitrogen and oxygen atoms in total. The van der Waals surface area contributed by atoms with Crippen LogP contribution in [0.4, 0.5) is 10.2 Å². The first-order valence-corrected chi connectivity index (χ1v) is 7.35. The van der Waals surface area contributed by atoms with Crippen molar-refractivity contribution in [1.29, 1.82) is 0 Å². The van der Waals surface area contributed by atoms with Crippen molar-refractivity contribution in [2.45, 2.75) is 20.8 Å². The number of benzene rings is 1. The van der Waals surface area contributed by atoms with E-state index in [4.69, 9.17) is 11.6 Å². The summed E-state index contributed by atoms with van der Waals surface area (Å²) in [6.07, 6.45) is 0. The summed E-state index contributed by atoms with van der Waals surface area (Å²) < 4.78 is 14.9. The maximum Gasteiger partial charge on any atom is 0.152 e. The zero-order chi connectivity index (χ0) is 14.9. The first-order chi connectivity index (χ1) is 9.45. The van der Waals surface area contributed by atoms with Crippen molar-refractivity contribution in [3.63, 3.8) is 0 Å². The molecule has 2 rings (SSSR count). The SMILES string of the molecule is CCNc1nc(C)nc(-c2ccc(Br)c(Cl)c2F)c1C. The number of aromatic nitrogens is 2. The second kappa shape index (κ2) is 6.06. The van der Waals surface area contributed by atoms with Gasteiger partial charge in [0.2, 0.25) is 0 Å². The molecule has 0 spiro atoms. The van der Waals surface area contributed by atoms with Gasteiger partial charge in [0.15, 0.2) is 5.82 Å². The van der Waals surface area contributed by atoms with Gasteiger partial charge in [0.25, 0.3) is 0 Å². The molecule has 0 atom stereocenters. The van der Waals surface area contributed by atoms with Gasteiger partial charge >= 0.3 is 0 Å². The molecular formula is C14H14BrClFN3. The highest BCUT2D eigenvalue weighted by molar-refractivity contribution is 9.10. The molecule has 0 aliphatic heterocycles. The molecule has 6 heteroatoms. The minimum atomic E-state index is -0.482. The van der Waals surface area contributed by atoms with Gasteiger partial charge in [0.05, 0.1) is 10.7 Å². The fourth-order valence-electron chi connectivity index (χ4n) is 1.94. The molecule has 0 radical (unpaired) electrons. The van der Waals surface area contributed by atoms with Crippen LogP contribution in [0, 0.1) is 19.7 Å². The predicted octanol–water partition coefficient (Wildman–Crippen LogP) is 4.75. The molecule has 20 heavy (non-hydrogen) atoms. The van der Waals surface area contributed by atoms with Crippen molar-refractivity contribution in [2.24, 2.45) is 0 Å². The van der Waals surface area contributed by atoms with E-state index in [0.29, 0.717) is 27.4 Å². The first kappa shape index (κ1) is 15.2. The van der Waals surface area contributed by atoms with Crippen molar-refractivity contribution < 1.29 is 4.39 Å². The molecule has 1 aromatic heterocycles. The number of hydrogen-bond acceptors (Lipinski definition) is 3. The minimum absolute atomic E-state index is 0.0585. The molecule has 0 aliphatic carbocycles. The van der Waals surface area contributed by atoms with E-state index in [1.165, 1.54) is 0 Å². The van der Waals surface area contributed by atoms with E-state index in [9.17, 15) is 4.39 Å². The number of nitrogens with one attached hydrogen (secondary N) is 1. The molecule has 1 aromatic carbocycles. The Bertz CT molecular complexity index is 661. The second-order valence-corrected chi connectivity index (χ2v) is 5.58. The Kier molecular flexibility index (Phi) is 4.60. The van der Waals surface area contributed by atoms with Crippen LogP contribution >= 0.6 is 27.5 Å². The van der Waals surface area contributed by atoms with E-state index in [1.807, 2.05) is 13.8 Å². The van der Waals surface area contributed by atoms with Crippen LogP contribution in [0.15, 0.2) is 16.6 Å². The molecule has 2 aromatic rings. The van der Waals surface area contributed by atoms with Crippen molar-refractivity contribution in [3.8, 4) is 11.3 Å². The summed E-state index contributed by atoms with van der Waals surface area (Å²) in [5, 5.41) is 3.21. The normalized spacial score (nSPS) is 10.7. The van der Waals surface area contributed by atoms with Crippen LogP contribution in [0.2, 0.25) is 5.02 Å². The van der Waals surface area contributed by atoms with E-state index in [-0.39, 0.29) is 5.02 Å². The summed E-state index contributed by atoms with van der Waals surface area (Å²) in [5.41, 5.74) is 1.73. The summed E-state index contributed by atoms with van der Waals surface area (Å²) in [6.45, 7) is 6.36. The smallest absolute Gasteiger partial charge is 0.152 e. The second-order valence-electron chi connectivity index (χ2n) is 4.35. The van der Waals surface area contributed by atoms with E-state index in [0.717, 1.165) is 12.1 Å². The Morgan fingerprint density at radius 1 is 1.30 bits per heavy atom. The molecule has 1 heterocycles. The Morgan fingerprint density at radius 2 is 2.00 bits per heavy atom. The van der Waals surface area contributed by atoms with E-state index in [2.05, 4.69) is 31.2 Å². The molecule has 0 fully saturated rings. The summed E-state index contributed by atoms with van der Waals surface area (Å²) in [5.74, 6) is 0.818. The van der Waals surface area contributed by atoms with Gasteiger partial charge in [-0.1, -0.05) is 11.6 Å². The number of hydrogen-bond donors (Lipinski definition) is 1. The number of aryl methyl sites for hydroxylation is 1.